The molecular weight excluding hydrogens is 271 g/mol. The standard InChI is InChI=1S/C11H9FN4O2S/c12-5-1-2-7(6(3-5)10(17)18)19-11-15-8(13)4-9(14)16-11/h1-4H,(H,17,18)(H4,13,14,15,16). The largest absolute Gasteiger partial charge is 0.478 e. The molecule has 0 radical (unpaired) electrons. The lowest BCUT2D eigenvalue weighted by molar-refractivity contribution is 0.0692. The lowest BCUT2D eigenvalue weighted by atomic mass is 10.2. The molecule has 0 saturated heterocycles. The molecule has 0 aliphatic rings. The molecule has 0 aliphatic carbocycles. The Labute approximate surface area is 111 Å². The number of anilines is 2. The Morgan fingerprint density at radius 1 is 1.21 bits per heavy atom. The fourth-order valence-electron chi connectivity index (χ4n) is 1.36. The van der Waals surface area contributed by atoms with Crippen LogP contribution in [0.4, 0.5) is 16.0 Å². The molecule has 19 heavy (non-hydrogen) atoms. The van der Waals surface area contributed by atoms with Gasteiger partial charge in [-0.05, 0) is 30.0 Å². The van der Waals surface area contributed by atoms with E-state index >= 15 is 0 Å². The second-order valence-corrected chi connectivity index (χ2v) is 4.56. The van der Waals surface area contributed by atoms with Crippen LogP contribution in [0.2, 0.25) is 0 Å². The van der Waals surface area contributed by atoms with E-state index in [1.54, 1.807) is 0 Å². The fourth-order valence-corrected chi connectivity index (χ4v) is 2.26. The van der Waals surface area contributed by atoms with E-state index in [1.165, 1.54) is 12.1 Å². The summed E-state index contributed by atoms with van der Waals surface area (Å²) in [5, 5.41) is 9.21. The number of benzene rings is 1. The molecule has 0 aliphatic heterocycles. The molecule has 0 fully saturated rings. The van der Waals surface area contributed by atoms with Crippen molar-refractivity contribution in [3.8, 4) is 0 Å². The second kappa shape index (κ2) is 5.11. The maximum absolute atomic E-state index is 13.0. The molecule has 0 spiro atoms. The van der Waals surface area contributed by atoms with E-state index < -0.39 is 11.8 Å². The predicted octanol–water partition coefficient (Wildman–Crippen LogP) is 1.63. The van der Waals surface area contributed by atoms with Gasteiger partial charge in [0.2, 0.25) is 0 Å². The number of nitrogens with zero attached hydrogens (tertiary/aromatic N) is 2. The first kappa shape index (κ1) is 13.1. The number of rotatable bonds is 3. The monoisotopic (exact) mass is 280 g/mol. The molecule has 0 atom stereocenters. The third-order valence-electron chi connectivity index (χ3n) is 2.12. The number of carboxylic acid groups (broad SMARTS) is 1. The SMILES string of the molecule is Nc1cc(N)nc(Sc2ccc(F)cc2C(=O)O)n1. The number of hydrogen-bond donors (Lipinski definition) is 3. The van der Waals surface area contributed by atoms with Crippen LogP contribution in [0.3, 0.4) is 0 Å². The van der Waals surface area contributed by atoms with E-state index in [0.717, 1.165) is 23.9 Å². The van der Waals surface area contributed by atoms with E-state index in [2.05, 4.69) is 9.97 Å². The summed E-state index contributed by atoms with van der Waals surface area (Å²) in [4.78, 5) is 19.2. The van der Waals surface area contributed by atoms with Crippen molar-refractivity contribution in [1.29, 1.82) is 0 Å². The molecule has 0 amide bonds. The van der Waals surface area contributed by atoms with Gasteiger partial charge in [-0.1, -0.05) is 0 Å². The summed E-state index contributed by atoms with van der Waals surface area (Å²) in [5.74, 6) is -1.52. The highest BCUT2D eigenvalue weighted by atomic mass is 32.2. The normalized spacial score (nSPS) is 10.4. The van der Waals surface area contributed by atoms with E-state index in [-0.39, 0.29) is 22.4 Å². The van der Waals surface area contributed by atoms with Crippen molar-refractivity contribution >= 4 is 29.4 Å². The van der Waals surface area contributed by atoms with Gasteiger partial charge in [0.15, 0.2) is 5.16 Å². The van der Waals surface area contributed by atoms with Crippen LogP contribution in [0.5, 0.6) is 0 Å². The minimum atomic E-state index is -1.24. The number of hydrogen-bond acceptors (Lipinski definition) is 6. The van der Waals surface area contributed by atoms with Gasteiger partial charge in [-0.15, -0.1) is 0 Å². The van der Waals surface area contributed by atoms with Crippen LogP contribution in [-0.2, 0) is 0 Å². The van der Waals surface area contributed by atoms with Gasteiger partial charge in [0, 0.05) is 11.0 Å². The highest BCUT2D eigenvalue weighted by molar-refractivity contribution is 7.99. The summed E-state index contributed by atoms with van der Waals surface area (Å²) >= 11 is 0.950. The van der Waals surface area contributed by atoms with Crippen molar-refractivity contribution in [3.05, 3.63) is 35.6 Å². The van der Waals surface area contributed by atoms with E-state index in [1.807, 2.05) is 0 Å². The van der Waals surface area contributed by atoms with Crippen LogP contribution in [-0.4, -0.2) is 21.0 Å². The van der Waals surface area contributed by atoms with E-state index in [4.69, 9.17) is 16.6 Å². The minimum Gasteiger partial charge on any atom is -0.478 e. The maximum atomic E-state index is 13.0. The second-order valence-electron chi connectivity index (χ2n) is 3.55. The molecule has 1 aromatic carbocycles. The van der Waals surface area contributed by atoms with Crippen LogP contribution in [0, 0.1) is 5.82 Å². The third kappa shape index (κ3) is 3.10. The summed E-state index contributed by atoms with van der Waals surface area (Å²) in [6.07, 6.45) is 0. The highest BCUT2D eigenvalue weighted by Gasteiger charge is 2.14. The number of aromatic carboxylic acids is 1. The zero-order valence-electron chi connectivity index (χ0n) is 9.50. The van der Waals surface area contributed by atoms with Gasteiger partial charge < -0.3 is 16.6 Å². The molecular formula is C11H9FN4O2S. The summed E-state index contributed by atoms with van der Waals surface area (Å²) in [5.41, 5.74) is 10.9. The van der Waals surface area contributed by atoms with Crippen molar-refractivity contribution in [2.24, 2.45) is 0 Å². The number of aromatic nitrogens is 2. The Balaban J connectivity index is 2.40. The Kier molecular flexibility index (Phi) is 3.52. The number of nitrogens with two attached hydrogens (primary N) is 2. The van der Waals surface area contributed by atoms with Crippen LogP contribution in [0.1, 0.15) is 10.4 Å². The molecule has 1 aromatic heterocycles. The number of carboxylic acids is 1. The summed E-state index contributed by atoms with van der Waals surface area (Å²) in [6.45, 7) is 0. The topological polar surface area (TPSA) is 115 Å². The molecule has 98 valence electrons. The van der Waals surface area contributed by atoms with E-state index in [0.29, 0.717) is 4.90 Å². The lowest BCUT2D eigenvalue weighted by Gasteiger charge is -2.06. The first-order chi connectivity index (χ1) is 8.95. The average Bonchev–Trinajstić information content (AvgIpc) is 2.30. The summed E-state index contributed by atoms with van der Waals surface area (Å²) < 4.78 is 13.0. The molecule has 0 bridgehead atoms. The van der Waals surface area contributed by atoms with Gasteiger partial charge in [-0.3, -0.25) is 0 Å². The van der Waals surface area contributed by atoms with E-state index in [9.17, 15) is 9.18 Å². The average molecular weight is 280 g/mol. The molecule has 1 heterocycles. The zero-order valence-corrected chi connectivity index (χ0v) is 10.3. The van der Waals surface area contributed by atoms with Crippen LogP contribution >= 0.6 is 11.8 Å². The predicted molar refractivity (Wildman–Crippen MR) is 68.3 cm³/mol. The molecule has 0 unspecified atom stereocenters. The molecule has 2 aromatic rings. The van der Waals surface area contributed by atoms with Crippen molar-refractivity contribution in [2.45, 2.75) is 10.1 Å². The molecule has 5 N–H and O–H groups in total. The number of nitrogen functional groups attached to an aromatic ring is 2. The van der Waals surface area contributed by atoms with Crippen molar-refractivity contribution < 1.29 is 14.3 Å². The van der Waals surface area contributed by atoms with Gasteiger partial charge in [0.1, 0.15) is 17.5 Å². The van der Waals surface area contributed by atoms with Gasteiger partial charge >= 0.3 is 5.97 Å². The van der Waals surface area contributed by atoms with Crippen LogP contribution in [0.25, 0.3) is 0 Å². The Bertz CT molecular complexity index is 630. The van der Waals surface area contributed by atoms with Crippen molar-refractivity contribution in [1.82, 2.24) is 9.97 Å². The first-order valence-corrected chi connectivity index (χ1v) is 5.88. The summed E-state index contributed by atoms with van der Waals surface area (Å²) in [6, 6.07) is 4.81. The number of carbonyl (C=O) groups is 1. The van der Waals surface area contributed by atoms with Gasteiger partial charge in [-0.25, -0.2) is 19.2 Å². The minimum absolute atomic E-state index is 0.172. The van der Waals surface area contributed by atoms with Gasteiger partial charge in [0.25, 0.3) is 0 Å². The van der Waals surface area contributed by atoms with Crippen molar-refractivity contribution in [3.63, 3.8) is 0 Å². The maximum Gasteiger partial charge on any atom is 0.336 e. The number of halogens is 1. The Morgan fingerprint density at radius 2 is 1.84 bits per heavy atom. The summed E-state index contributed by atoms with van der Waals surface area (Å²) in [7, 11) is 0. The van der Waals surface area contributed by atoms with Crippen molar-refractivity contribution in [2.75, 3.05) is 11.5 Å². The molecule has 6 nitrogen and oxygen atoms in total. The smallest absolute Gasteiger partial charge is 0.336 e. The lowest BCUT2D eigenvalue weighted by Crippen LogP contribution is -2.02. The highest BCUT2D eigenvalue weighted by Crippen LogP contribution is 2.29. The zero-order chi connectivity index (χ0) is 14.0. The molecule has 0 saturated carbocycles. The quantitative estimate of drug-likeness (QED) is 0.732. The fraction of sp³-hybridized carbons (Fsp3) is 0. The van der Waals surface area contributed by atoms with Crippen LogP contribution < -0.4 is 11.5 Å². The Hall–Kier alpha value is -2.35. The molecule has 2 rings (SSSR count). The first-order valence-electron chi connectivity index (χ1n) is 5.06. The Morgan fingerprint density at radius 3 is 2.42 bits per heavy atom. The van der Waals surface area contributed by atoms with Gasteiger partial charge in [0.05, 0.1) is 5.56 Å². The van der Waals surface area contributed by atoms with Crippen LogP contribution in [0.15, 0.2) is 34.3 Å². The van der Waals surface area contributed by atoms with Gasteiger partial charge in [-0.2, -0.15) is 0 Å². The molecule has 8 heteroatoms. The third-order valence-corrected chi connectivity index (χ3v) is 3.06.